The molecule has 3 aromatic rings. The van der Waals surface area contributed by atoms with E-state index < -0.39 is 0 Å². The molecule has 0 unspecified atom stereocenters. The molecule has 1 saturated heterocycles. The quantitative estimate of drug-likeness (QED) is 0.558. The number of H-pyrrole nitrogens is 1. The zero-order chi connectivity index (χ0) is 21.3. The van der Waals surface area contributed by atoms with Crippen LogP contribution in [0.1, 0.15) is 29.3 Å². The summed E-state index contributed by atoms with van der Waals surface area (Å²) in [6.07, 6.45) is 0.733. The van der Waals surface area contributed by atoms with E-state index in [2.05, 4.69) is 25.7 Å². The van der Waals surface area contributed by atoms with E-state index in [1.54, 1.807) is 29.2 Å². The second kappa shape index (κ2) is 8.15. The van der Waals surface area contributed by atoms with E-state index in [9.17, 15) is 9.59 Å². The first kappa shape index (κ1) is 19.9. The van der Waals surface area contributed by atoms with Crippen LogP contribution in [-0.2, 0) is 11.4 Å². The van der Waals surface area contributed by atoms with Gasteiger partial charge in [0.2, 0.25) is 5.91 Å². The van der Waals surface area contributed by atoms with Crippen molar-refractivity contribution in [3.63, 3.8) is 0 Å². The number of rotatable bonds is 5. The second-order valence-corrected chi connectivity index (χ2v) is 7.49. The second-order valence-electron chi connectivity index (χ2n) is 7.09. The van der Waals surface area contributed by atoms with Gasteiger partial charge in [-0.3, -0.25) is 9.59 Å². The van der Waals surface area contributed by atoms with Crippen molar-refractivity contribution in [1.29, 1.82) is 0 Å². The molecule has 2 aromatic heterocycles. The number of likely N-dealkylation sites (tertiary alicyclic amines) is 1. The van der Waals surface area contributed by atoms with Crippen molar-refractivity contribution >= 4 is 40.4 Å². The van der Waals surface area contributed by atoms with Crippen LogP contribution in [0, 0.1) is 0 Å². The van der Waals surface area contributed by atoms with Crippen LogP contribution in [0.5, 0.6) is 5.75 Å². The number of anilines is 1. The molecule has 1 atom stereocenters. The van der Waals surface area contributed by atoms with Crippen molar-refractivity contribution in [2.45, 2.75) is 26.0 Å². The first-order valence-corrected chi connectivity index (χ1v) is 9.73. The minimum atomic E-state index is -0.122. The number of nitrogens with one attached hydrogen (secondary N) is 2. The maximum atomic E-state index is 12.8. The lowest BCUT2D eigenvalue weighted by Gasteiger charge is -2.17. The largest absolute Gasteiger partial charge is 0.486 e. The molecule has 4 N–H and O–H groups in total. The smallest absolute Gasteiger partial charge is 0.253 e. The van der Waals surface area contributed by atoms with Crippen LogP contribution in [-0.4, -0.2) is 56.2 Å². The Morgan fingerprint density at radius 3 is 3.00 bits per heavy atom. The van der Waals surface area contributed by atoms with Crippen LogP contribution in [0.15, 0.2) is 24.3 Å². The highest BCUT2D eigenvalue weighted by molar-refractivity contribution is 6.31. The predicted molar refractivity (Wildman–Crippen MR) is 110 cm³/mol. The Morgan fingerprint density at radius 2 is 2.23 bits per heavy atom. The van der Waals surface area contributed by atoms with E-state index in [1.165, 1.54) is 6.92 Å². The number of fused-ring (bicyclic) bond motifs is 1. The fourth-order valence-electron chi connectivity index (χ4n) is 3.43. The van der Waals surface area contributed by atoms with Crippen LogP contribution in [0.2, 0.25) is 5.02 Å². The molecule has 11 heteroatoms. The number of benzene rings is 1. The summed E-state index contributed by atoms with van der Waals surface area (Å²) in [7, 11) is 0. The first-order chi connectivity index (χ1) is 14.4. The average molecular weight is 430 g/mol. The molecular formula is C19H20ClN7O3. The third-order valence-electron chi connectivity index (χ3n) is 4.85. The zero-order valence-corrected chi connectivity index (χ0v) is 16.9. The molecule has 0 bridgehead atoms. The monoisotopic (exact) mass is 429 g/mol. The Hall–Kier alpha value is -3.40. The van der Waals surface area contributed by atoms with E-state index >= 15 is 0 Å². The van der Waals surface area contributed by atoms with Crippen LogP contribution >= 0.6 is 11.6 Å². The van der Waals surface area contributed by atoms with E-state index in [-0.39, 0.29) is 30.3 Å². The molecule has 0 spiro atoms. The Labute approximate surface area is 176 Å². The minimum Gasteiger partial charge on any atom is -0.486 e. The number of ether oxygens (including phenoxy) is 1. The number of pyridine rings is 1. The van der Waals surface area contributed by atoms with E-state index in [0.717, 1.165) is 6.42 Å². The topological polar surface area (TPSA) is 139 Å². The van der Waals surface area contributed by atoms with Crippen molar-refractivity contribution in [2.75, 3.05) is 18.8 Å². The van der Waals surface area contributed by atoms with Gasteiger partial charge in [-0.05, 0) is 18.6 Å². The molecule has 1 fully saturated rings. The highest BCUT2D eigenvalue weighted by Crippen LogP contribution is 2.26. The van der Waals surface area contributed by atoms with Crippen molar-refractivity contribution in [3.8, 4) is 5.75 Å². The molecular weight excluding hydrogens is 410 g/mol. The molecule has 10 nitrogen and oxygen atoms in total. The summed E-state index contributed by atoms with van der Waals surface area (Å²) < 4.78 is 5.81. The summed E-state index contributed by atoms with van der Waals surface area (Å²) in [6.45, 7) is 2.70. The first-order valence-electron chi connectivity index (χ1n) is 9.35. The molecule has 1 aromatic carbocycles. The molecule has 1 aliphatic heterocycles. The molecule has 0 saturated carbocycles. The van der Waals surface area contributed by atoms with Gasteiger partial charge in [0.1, 0.15) is 12.4 Å². The summed E-state index contributed by atoms with van der Waals surface area (Å²) >= 11 is 6.39. The average Bonchev–Trinajstić information content (AvgIpc) is 3.35. The maximum Gasteiger partial charge on any atom is 0.253 e. The minimum absolute atomic E-state index is 0.0178. The van der Waals surface area contributed by atoms with Gasteiger partial charge in [-0.15, -0.1) is 5.10 Å². The molecule has 4 rings (SSSR count). The van der Waals surface area contributed by atoms with Gasteiger partial charge in [-0.25, -0.2) is 10.1 Å². The fraction of sp³-hybridized carbons (Fsp3) is 0.316. The van der Waals surface area contributed by atoms with Gasteiger partial charge < -0.3 is 20.7 Å². The van der Waals surface area contributed by atoms with Crippen LogP contribution in [0.4, 0.5) is 5.82 Å². The highest BCUT2D eigenvalue weighted by atomic mass is 35.5. The standard InChI is InChI=1S/C19H20ClN7O3/c1-10(28)22-13-4-5-27(8-13)19(29)11-2-3-12(14(20)6-11)9-30-15-7-16(21)23-18-17(15)24-26-25-18/h2-3,6-7,13H,4-5,8-9H2,1H3,(H,22,28)(H3,21,23,24,25,26)/t13-/m0/s1. The number of carbonyl (C=O) groups excluding carboxylic acids is 2. The normalized spacial score (nSPS) is 16.1. The molecule has 2 amide bonds. The number of aromatic amines is 1. The van der Waals surface area contributed by atoms with Gasteiger partial charge in [0, 0.05) is 48.3 Å². The predicted octanol–water partition coefficient (Wildman–Crippen LogP) is 1.52. The number of halogens is 1. The summed E-state index contributed by atoms with van der Waals surface area (Å²) in [4.78, 5) is 29.8. The van der Waals surface area contributed by atoms with Crippen molar-refractivity contribution in [2.24, 2.45) is 0 Å². The number of nitrogens with zero attached hydrogens (tertiary/aromatic N) is 4. The summed E-state index contributed by atoms with van der Waals surface area (Å²) in [6, 6.07) is 6.64. The number of carbonyl (C=O) groups is 2. The molecule has 0 aliphatic carbocycles. The van der Waals surface area contributed by atoms with Gasteiger partial charge in [0.25, 0.3) is 5.91 Å². The molecule has 1 aliphatic rings. The number of aromatic nitrogens is 4. The number of amides is 2. The van der Waals surface area contributed by atoms with Crippen molar-refractivity contribution in [3.05, 3.63) is 40.4 Å². The zero-order valence-electron chi connectivity index (χ0n) is 16.2. The molecule has 30 heavy (non-hydrogen) atoms. The summed E-state index contributed by atoms with van der Waals surface area (Å²) in [5, 5.41) is 13.5. The Morgan fingerprint density at radius 1 is 1.40 bits per heavy atom. The number of hydrogen-bond donors (Lipinski definition) is 3. The maximum absolute atomic E-state index is 12.8. The summed E-state index contributed by atoms with van der Waals surface area (Å²) in [5.74, 6) is 0.492. The Balaban J connectivity index is 1.44. The third-order valence-corrected chi connectivity index (χ3v) is 5.20. The number of hydrogen-bond acceptors (Lipinski definition) is 7. The van der Waals surface area contributed by atoms with Gasteiger partial charge in [0.05, 0.1) is 0 Å². The van der Waals surface area contributed by atoms with Gasteiger partial charge >= 0.3 is 0 Å². The van der Waals surface area contributed by atoms with Gasteiger partial charge in [-0.2, -0.15) is 0 Å². The van der Waals surface area contributed by atoms with Gasteiger partial charge in [0.15, 0.2) is 16.9 Å². The molecule has 156 valence electrons. The van der Waals surface area contributed by atoms with Crippen LogP contribution in [0.3, 0.4) is 0 Å². The van der Waals surface area contributed by atoms with Gasteiger partial charge in [-0.1, -0.05) is 22.9 Å². The third kappa shape index (κ3) is 4.13. The number of nitrogen functional groups attached to an aromatic ring is 1. The SMILES string of the molecule is CC(=O)N[C@H]1CCN(C(=O)c2ccc(COc3cc(N)nc4[nH]nnc34)c(Cl)c2)C1. The van der Waals surface area contributed by atoms with Crippen LogP contribution < -0.4 is 15.8 Å². The van der Waals surface area contributed by atoms with Crippen molar-refractivity contribution < 1.29 is 14.3 Å². The van der Waals surface area contributed by atoms with E-state index in [0.29, 0.717) is 46.2 Å². The highest BCUT2D eigenvalue weighted by Gasteiger charge is 2.27. The van der Waals surface area contributed by atoms with Crippen LogP contribution in [0.25, 0.3) is 11.2 Å². The lowest BCUT2D eigenvalue weighted by molar-refractivity contribution is -0.119. The lowest BCUT2D eigenvalue weighted by atomic mass is 10.1. The summed E-state index contributed by atoms with van der Waals surface area (Å²) in [5.41, 5.74) is 7.86. The van der Waals surface area contributed by atoms with E-state index in [4.69, 9.17) is 22.1 Å². The van der Waals surface area contributed by atoms with E-state index in [1.807, 2.05) is 0 Å². The Kier molecular flexibility index (Phi) is 5.40. The van der Waals surface area contributed by atoms with Crippen molar-refractivity contribution in [1.82, 2.24) is 30.6 Å². The molecule has 3 heterocycles. The number of nitrogens with two attached hydrogens (primary N) is 1. The Bertz CT molecular complexity index is 1120. The fourth-order valence-corrected chi connectivity index (χ4v) is 3.66. The molecule has 0 radical (unpaired) electrons. The lowest BCUT2D eigenvalue weighted by Crippen LogP contribution is -2.37.